The lowest BCUT2D eigenvalue weighted by Crippen LogP contribution is -2.19. The van der Waals surface area contributed by atoms with Crippen molar-refractivity contribution in [1.29, 1.82) is 0 Å². The van der Waals surface area contributed by atoms with Crippen LogP contribution in [0.25, 0.3) is 0 Å². The van der Waals surface area contributed by atoms with Crippen LogP contribution in [-0.2, 0) is 6.42 Å². The Morgan fingerprint density at radius 1 is 1.57 bits per heavy atom. The maximum atomic E-state index is 11.3. The molecular weight excluding hydrogens is 176 g/mol. The third kappa shape index (κ3) is 1.86. The highest BCUT2D eigenvalue weighted by atomic mass is 16.1. The van der Waals surface area contributed by atoms with E-state index in [-0.39, 0.29) is 5.56 Å². The highest BCUT2D eigenvalue weighted by Crippen LogP contribution is 2.33. The molecule has 3 heteroatoms. The van der Waals surface area contributed by atoms with E-state index in [0.29, 0.717) is 5.92 Å². The molecule has 1 aromatic rings. The van der Waals surface area contributed by atoms with Crippen molar-refractivity contribution in [2.45, 2.75) is 44.9 Å². The molecule has 0 aliphatic heterocycles. The Kier molecular flexibility index (Phi) is 2.66. The topological polar surface area (TPSA) is 45.8 Å². The van der Waals surface area contributed by atoms with E-state index in [1.54, 1.807) is 6.07 Å². The van der Waals surface area contributed by atoms with E-state index < -0.39 is 0 Å². The van der Waals surface area contributed by atoms with Crippen LogP contribution in [0.2, 0.25) is 0 Å². The van der Waals surface area contributed by atoms with Gasteiger partial charge in [0.25, 0.3) is 5.56 Å². The molecule has 0 radical (unpaired) electrons. The maximum Gasteiger partial charge on any atom is 0.251 e. The maximum absolute atomic E-state index is 11.3. The molecule has 1 N–H and O–H groups in total. The van der Waals surface area contributed by atoms with E-state index in [0.717, 1.165) is 24.4 Å². The normalized spacial score (nSPS) is 16.6. The van der Waals surface area contributed by atoms with Crippen molar-refractivity contribution in [3.8, 4) is 0 Å². The molecule has 1 heterocycles. The van der Waals surface area contributed by atoms with Crippen molar-refractivity contribution < 1.29 is 0 Å². The first-order valence-electron chi connectivity index (χ1n) is 5.39. The molecule has 0 saturated heterocycles. The Bertz CT molecular complexity index is 366. The smallest absolute Gasteiger partial charge is 0.251 e. The van der Waals surface area contributed by atoms with E-state index >= 15 is 0 Å². The van der Waals surface area contributed by atoms with Gasteiger partial charge in [0.2, 0.25) is 0 Å². The average molecular weight is 192 g/mol. The Morgan fingerprint density at radius 3 is 2.93 bits per heavy atom. The van der Waals surface area contributed by atoms with Crippen LogP contribution in [-0.4, -0.2) is 9.97 Å². The molecule has 1 saturated carbocycles. The molecule has 1 aliphatic carbocycles. The number of aromatic nitrogens is 2. The highest BCUT2D eigenvalue weighted by molar-refractivity contribution is 5.08. The lowest BCUT2D eigenvalue weighted by atomic mass is 9.85. The predicted octanol–water partition coefficient (Wildman–Crippen LogP) is 1.99. The fourth-order valence-corrected chi connectivity index (χ4v) is 1.79. The number of aryl methyl sites for hydroxylation is 1. The Balaban J connectivity index is 2.26. The fourth-order valence-electron chi connectivity index (χ4n) is 1.79. The van der Waals surface area contributed by atoms with Gasteiger partial charge in [-0.05, 0) is 19.3 Å². The number of H-pyrrole nitrogens is 1. The van der Waals surface area contributed by atoms with Crippen LogP contribution in [0.5, 0.6) is 0 Å². The second-order valence-electron chi connectivity index (χ2n) is 4.00. The van der Waals surface area contributed by atoms with Gasteiger partial charge in [0.05, 0.1) is 0 Å². The molecule has 1 aromatic heterocycles. The number of aromatic amines is 1. The molecule has 0 aromatic carbocycles. The highest BCUT2D eigenvalue weighted by Gasteiger charge is 2.21. The Morgan fingerprint density at radius 2 is 2.36 bits per heavy atom. The molecule has 0 bridgehead atoms. The molecule has 2 rings (SSSR count). The molecule has 3 nitrogen and oxygen atoms in total. The number of nitrogens with one attached hydrogen (secondary N) is 1. The van der Waals surface area contributed by atoms with Gasteiger partial charge in [-0.25, -0.2) is 4.98 Å². The molecule has 0 spiro atoms. The standard InChI is InChI=1S/C11H16N2O/c1-2-4-9-7-10(14)13-11(12-9)8-5-3-6-8/h7-8H,2-6H2,1H3,(H,12,13,14). The number of hydrogen-bond acceptors (Lipinski definition) is 2. The van der Waals surface area contributed by atoms with Crippen molar-refractivity contribution >= 4 is 0 Å². The van der Waals surface area contributed by atoms with Crippen LogP contribution in [0, 0.1) is 0 Å². The lowest BCUT2D eigenvalue weighted by molar-refractivity contribution is 0.399. The van der Waals surface area contributed by atoms with Crippen LogP contribution >= 0.6 is 0 Å². The zero-order valence-corrected chi connectivity index (χ0v) is 8.55. The zero-order valence-electron chi connectivity index (χ0n) is 8.55. The molecule has 0 atom stereocenters. The van der Waals surface area contributed by atoms with Gasteiger partial charge >= 0.3 is 0 Å². The van der Waals surface area contributed by atoms with Gasteiger partial charge in [0.15, 0.2) is 0 Å². The van der Waals surface area contributed by atoms with Gasteiger partial charge in [-0.3, -0.25) is 4.79 Å². The van der Waals surface area contributed by atoms with Crippen LogP contribution in [0.1, 0.15) is 50.0 Å². The second kappa shape index (κ2) is 3.95. The van der Waals surface area contributed by atoms with Gasteiger partial charge in [-0.1, -0.05) is 19.8 Å². The van der Waals surface area contributed by atoms with E-state index in [4.69, 9.17) is 0 Å². The van der Waals surface area contributed by atoms with Crippen LogP contribution < -0.4 is 5.56 Å². The monoisotopic (exact) mass is 192 g/mol. The van der Waals surface area contributed by atoms with Crippen molar-refractivity contribution in [2.24, 2.45) is 0 Å². The summed E-state index contributed by atoms with van der Waals surface area (Å²) in [4.78, 5) is 18.7. The Hall–Kier alpha value is -1.12. The van der Waals surface area contributed by atoms with Gasteiger partial charge in [-0.15, -0.1) is 0 Å². The summed E-state index contributed by atoms with van der Waals surface area (Å²) in [5.41, 5.74) is 0.948. The Labute approximate surface area is 83.6 Å². The first-order valence-corrected chi connectivity index (χ1v) is 5.39. The molecule has 0 amide bonds. The van der Waals surface area contributed by atoms with Gasteiger partial charge < -0.3 is 4.98 Å². The summed E-state index contributed by atoms with van der Waals surface area (Å²) in [5.74, 6) is 1.42. The molecule has 0 unspecified atom stereocenters. The number of hydrogen-bond donors (Lipinski definition) is 1. The average Bonchev–Trinajstić information content (AvgIpc) is 1.99. The van der Waals surface area contributed by atoms with E-state index in [1.807, 2.05) is 0 Å². The van der Waals surface area contributed by atoms with Gasteiger partial charge in [0, 0.05) is 17.7 Å². The summed E-state index contributed by atoms with van der Waals surface area (Å²) in [5, 5.41) is 0. The van der Waals surface area contributed by atoms with Crippen LogP contribution in [0.15, 0.2) is 10.9 Å². The minimum Gasteiger partial charge on any atom is -0.310 e. The zero-order chi connectivity index (χ0) is 9.97. The van der Waals surface area contributed by atoms with Crippen molar-refractivity contribution in [3.63, 3.8) is 0 Å². The second-order valence-corrected chi connectivity index (χ2v) is 4.00. The fraction of sp³-hybridized carbons (Fsp3) is 0.636. The molecular formula is C11H16N2O. The lowest BCUT2D eigenvalue weighted by Gasteiger charge is -2.24. The van der Waals surface area contributed by atoms with E-state index in [1.165, 1.54) is 19.3 Å². The van der Waals surface area contributed by atoms with Crippen molar-refractivity contribution in [2.75, 3.05) is 0 Å². The summed E-state index contributed by atoms with van der Waals surface area (Å²) in [6.45, 7) is 2.10. The van der Waals surface area contributed by atoms with Crippen molar-refractivity contribution in [3.05, 3.63) is 27.9 Å². The summed E-state index contributed by atoms with van der Waals surface area (Å²) < 4.78 is 0. The van der Waals surface area contributed by atoms with Crippen LogP contribution in [0.4, 0.5) is 0 Å². The van der Waals surface area contributed by atoms with Crippen molar-refractivity contribution in [1.82, 2.24) is 9.97 Å². The van der Waals surface area contributed by atoms with E-state index in [2.05, 4.69) is 16.9 Å². The molecule has 1 fully saturated rings. The summed E-state index contributed by atoms with van der Waals surface area (Å²) in [6, 6.07) is 1.62. The summed E-state index contributed by atoms with van der Waals surface area (Å²) in [7, 11) is 0. The third-order valence-corrected chi connectivity index (χ3v) is 2.81. The first kappa shape index (κ1) is 9.44. The largest absolute Gasteiger partial charge is 0.310 e. The summed E-state index contributed by atoms with van der Waals surface area (Å²) >= 11 is 0. The SMILES string of the molecule is CCCc1cc(=O)[nH]c(C2CCC2)n1. The minimum absolute atomic E-state index is 0.00495. The van der Waals surface area contributed by atoms with E-state index in [9.17, 15) is 4.79 Å². The first-order chi connectivity index (χ1) is 6.79. The predicted molar refractivity (Wildman–Crippen MR) is 55.4 cm³/mol. The summed E-state index contributed by atoms with van der Waals surface area (Å²) in [6.07, 6.45) is 5.58. The molecule has 1 aliphatic rings. The minimum atomic E-state index is 0.00495. The number of nitrogens with zero attached hydrogens (tertiary/aromatic N) is 1. The molecule has 14 heavy (non-hydrogen) atoms. The van der Waals surface area contributed by atoms with Crippen LogP contribution in [0.3, 0.4) is 0 Å². The quantitative estimate of drug-likeness (QED) is 0.796. The number of rotatable bonds is 3. The van der Waals surface area contributed by atoms with Gasteiger partial charge in [0.1, 0.15) is 5.82 Å². The van der Waals surface area contributed by atoms with Gasteiger partial charge in [-0.2, -0.15) is 0 Å². The molecule has 76 valence electrons. The third-order valence-electron chi connectivity index (χ3n) is 2.81.